The molecule has 6 heteroatoms. The number of carbonyl (C=O) groups excluding carboxylic acids is 1. The lowest BCUT2D eigenvalue weighted by atomic mass is 10.1. The molecule has 0 spiro atoms. The fraction of sp³-hybridized carbons (Fsp3) is 0.133. The van der Waals surface area contributed by atoms with Crippen molar-refractivity contribution in [3.8, 4) is 0 Å². The van der Waals surface area contributed by atoms with Crippen molar-refractivity contribution in [1.82, 2.24) is 5.06 Å². The van der Waals surface area contributed by atoms with E-state index in [1.165, 1.54) is 11.3 Å². The molecule has 1 aromatic carbocycles. The van der Waals surface area contributed by atoms with Crippen LogP contribution in [0.3, 0.4) is 0 Å². The lowest BCUT2D eigenvalue weighted by Gasteiger charge is -2.18. The molecule has 1 atom stereocenters. The average Bonchev–Trinajstić information content (AvgIpc) is 2.95. The fourth-order valence-electron chi connectivity index (χ4n) is 1.84. The standard InChI is InChI=1S/C15H15ClN2O2S/c1-9(11-3-5-12(16)6-4-11)13-7-8-14(21-13)10(2)18(20)15(17)19/h3-8,10,20H,1H2,2H3,(H2,17,19). The molecule has 0 aliphatic rings. The van der Waals surface area contributed by atoms with Gasteiger partial charge in [0.1, 0.15) is 0 Å². The number of nitrogens with two attached hydrogens (primary N) is 1. The largest absolute Gasteiger partial charge is 0.350 e. The molecule has 110 valence electrons. The third kappa shape index (κ3) is 3.44. The summed E-state index contributed by atoms with van der Waals surface area (Å²) in [5.74, 6) is 0. The number of nitrogens with zero attached hydrogens (tertiary/aromatic N) is 1. The first-order valence-electron chi connectivity index (χ1n) is 6.22. The van der Waals surface area contributed by atoms with Crippen molar-refractivity contribution in [2.45, 2.75) is 13.0 Å². The van der Waals surface area contributed by atoms with Crippen molar-refractivity contribution in [1.29, 1.82) is 0 Å². The van der Waals surface area contributed by atoms with Crippen molar-refractivity contribution >= 4 is 34.5 Å². The molecule has 0 radical (unpaired) electrons. The molecule has 0 aliphatic carbocycles. The summed E-state index contributed by atoms with van der Waals surface area (Å²) in [4.78, 5) is 12.8. The van der Waals surface area contributed by atoms with E-state index < -0.39 is 12.1 Å². The topological polar surface area (TPSA) is 66.6 Å². The number of primary amides is 1. The number of hydrogen-bond acceptors (Lipinski definition) is 3. The molecule has 1 heterocycles. The Morgan fingerprint density at radius 1 is 1.33 bits per heavy atom. The van der Waals surface area contributed by atoms with Crippen molar-refractivity contribution in [2.75, 3.05) is 0 Å². The molecule has 3 N–H and O–H groups in total. The summed E-state index contributed by atoms with van der Waals surface area (Å²) in [6.07, 6.45) is 0. The maximum atomic E-state index is 11.0. The molecule has 2 amide bonds. The molecule has 2 aromatic rings. The van der Waals surface area contributed by atoms with Crippen LogP contribution in [0.15, 0.2) is 43.0 Å². The normalized spacial score (nSPS) is 12.0. The molecule has 1 unspecified atom stereocenters. The number of thiophene rings is 1. The van der Waals surface area contributed by atoms with Crippen molar-refractivity contribution in [2.24, 2.45) is 5.73 Å². The van der Waals surface area contributed by atoms with Gasteiger partial charge in [-0.2, -0.15) is 5.06 Å². The predicted molar refractivity (Wildman–Crippen MR) is 85.5 cm³/mol. The van der Waals surface area contributed by atoms with E-state index in [0.717, 1.165) is 20.9 Å². The van der Waals surface area contributed by atoms with Crippen molar-refractivity contribution in [3.63, 3.8) is 0 Å². The second-order valence-corrected chi connectivity index (χ2v) is 6.10. The van der Waals surface area contributed by atoms with Gasteiger partial charge in [-0.3, -0.25) is 5.21 Å². The Labute approximate surface area is 132 Å². The van der Waals surface area contributed by atoms with Gasteiger partial charge >= 0.3 is 6.03 Å². The van der Waals surface area contributed by atoms with Gasteiger partial charge in [0.05, 0.1) is 6.04 Å². The maximum Gasteiger partial charge on any atom is 0.339 e. The molecule has 2 rings (SSSR count). The van der Waals surface area contributed by atoms with Crippen LogP contribution in [-0.2, 0) is 0 Å². The summed E-state index contributed by atoms with van der Waals surface area (Å²) in [7, 11) is 0. The number of rotatable bonds is 4. The van der Waals surface area contributed by atoms with E-state index in [1.807, 2.05) is 36.4 Å². The van der Waals surface area contributed by atoms with Gasteiger partial charge in [0, 0.05) is 14.8 Å². The monoisotopic (exact) mass is 322 g/mol. The van der Waals surface area contributed by atoms with Crippen LogP contribution < -0.4 is 5.73 Å². The Balaban J connectivity index is 2.21. The molecule has 0 fully saturated rings. The van der Waals surface area contributed by atoms with Gasteiger partial charge in [-0.15, -0.1) is 11.3 Å². The van der Waals surface area contributed by atoms with Crippen LogP contribution >= 0.6 is 22.9 Å². The highest BCUT2D eigenvalue weighted by Gasteiger charge is 2.19. The van der Waals surface area contributed by atoms with E-state index in [1.54, 1.807) is 6.92 Å². The second-order valence-electron chi connectivity index (χ2n) is 4.55. The average molecular weight is 323 g/mol. The summed E-state index contributed by atoms with van der Waals surface area (Å²) < 4.78 is 0. The van der Waals surface area contributed by atoms with Gasteiger partial charge in [-0.25, -0.2) is 4.79 Å². The molecule has 1 aromatic heterocycles. The van der Waals surface area contributed by atoms with E-state index in [9.17, 15) is 10.0 Å². The van der Waals surface area contributed by atoms with Gasteiger partial charge in [-0.1, -0.05) is 30.3 Å². The zero-order valence-corrected chi connectivity index (χ0v) is 13.0. The first kappa shape index (κ1) is 15.6. The Morgan fingerprint density at radius 3 is 2.52 bits per heavy atom. The van der Waals surface area contributed by atoms with Crippen LogP contribution in [0.25, 0.3) is 5.57 Å². The van der Waals surface area contributed by atoms with Crippen LogP contribution in [0.1, 0.15) is 28.3 Å². The minimum Gasteiger partial charge on any atom is -0.350 e. The SMILES string of the molecule is C=C(c1ccc(Cl)cc1)c1ccc(C(C)N(O)C(N)=O)s1. The first-order chi connectivity index (χ1) is 9.90. The molecule has 0 aliphatic heterocycles. The van der Waals surface area contributed by atoms with Crippen LogP contribution in [0.2, 0.25) is 5.02 Å². The lowest BCUT2D eigenvalue weighted by Crippen LogP contribution is -2.34. The van der Waals surface area contributed by atoms with E-state index in [-0.39, 0.29) is 0 Å². The maximum absolute atomic E-state index is 11.0. The van der Waals surface area contributed by atoms with Crippen molar-refractivity contribution < 1.29 is 10.0 Å². The van der Waals surface area contributed by atoms with Crippen LogP contribution in [-0.4, -0.2) is 16.3 Å². The van der Waals surface area contributed by atoms with E-state index >= 15 is 0 Å². The zero-order chi connectivity index (χ0) is 15.6. The number of urea groups is 1. The molecular formula is C15H15ClN2O2S. The summed E-state index contributed by atoms with van der Waals surface area (Å²) in [5.41, 5.74) is 6.89. The smallest absolute Gasteiger partial charge is 0.339 e. The number of hydroxylamine groups is 2. The Kier molecular flexibility index (Phi) is 4.67. The van der Waals surface area contributed by atoms with Gasteiger partial charge < -0.3 is 5.73 Å². The summed E-state index contributed by atoms with van der Waals surface area (Å²) in [5, 5.41) is 10.8. The van der Waals surface area contributed by atoms with Gasteiger partial charge in [-0.05, 0) is 42.3 Å². The Bertz CT molecular complexity index is 667. The van der Waals surface area contributed by atoms with E-state index in [2.05, 4.69) is 6.58 Å². The fourth-order valence-corrected chi connectivity index (χ4v) is 3.01. The predicted octanol–water partition coefficient (Wildman–Crippen LogP) is 4.29. The highest BCUT2D eigenvalue weighted by atomic mass is 35.5. The minimum absolute atomic E-state index is 0.501. The number of carbonyl (C=O) groups is 1. The number of halogens is 1. The second kappa shape index (κ2) is 6.30. The highest BCUT2D eigenvalue weighted by molar-refractivity contribution is 7.13. The summed E-state index contributed by atoms with van der Waals surface area (Å²) in [6, 6.07) is 9.78. The quantitative estimate of drug-likeness (QED) is 0.651. The van der Waals surface area contributed by atoms with Crippen LogP contribution in [0.5, 0.6) is 0 Å². The Morgan fingerprint density at radius 2 is 1.95 bits per heavy atom. The number of amides is 2. The first-order valence-corrected chi connectivity index (χ1v) is 7.42. The molecule has 0 saturated carbocycles. The summed E-state index contributed by atoms with van der Waals surface area (Å²) >= 11 is 7.32. The van der Waals surface area contributed by atoms with Gasteiger partial charge in [0.25, 0.3) is 0 Å². The molecule has 0 saturated heterocycles. The number of benzene rings is 1. The van der Waals surface area contributed by atoms with Crippen LogP contribution in [0.4, 0.5) is 4.79 Å². The molecule has 21 heavy (non-hydrogen) atoms. The van der Waals surface area contributed by atoms with E-state index in [0.29, 0.717) is 10.1 Å². The van der Waals surface area contributed by atoms with E-state index in [4.69, 9.17) is 17.3 Å². The van der Waals surface area contributed by atoms with Crippen LogP contribution in [0, 0.1) is 0 Å². The molecule has 4 nitrogen and oxygen atoms in total. The Hall–Kier alpha value is -1.82. The highest BCUT2D eigenvalue weighted by Crippen LogP contribution is 2.33. The lowest BCUT2D eigenvalue weighted by molar-refractivity contribution is -0.0700. The summed E-state index contributed by atoms with van der Waals surface area (Å²) in [6.45, 7) is 5.78. The third-order valence-electron chi connectivity index (χ3n) is 3.12. The minimum atomic E-state index is -0.881. The van der Waals surface area contributed by atoms with Crippen molar-refractivity contribution in [3.05, 3.63) is 63.3 Å². The molecular weight excluding hydrogens is 308 g/mol. The third-order valence-corrected chi connectivity index (χ3v) is 4.69. The number of hydrogen-bond donors (Lipinski definition) is 2. The van der Waals surface area contributed by atoms with Gasteiger partial charge in [0.15, 0.2) is 0 Å². The molecule has 0 bridgehead atoms. The zero-order valence-electron chi connectivity index (χ0n) is 11.4. The van der Waals surface area contributed by atoms with Gasteiger partial charge in [0.2, 0.25) is 0 Å².